The van der Waals surface area contributed by atoms with Gasteiger partial charge in [-0.3, -0.25) is 9.59 Å². The highest BCUT2D eigenvalue weighted by Gasteiger charge is 2.35. The van der Waals surface area contributed by atoms with Gasteiger partial charge in [0.15, 0.2) is 5.78 Å². The van der Waals surface area contributed by atoms with Crippen molar-refractivity contribution in [2.75, 3.05) is 0 Å². The summed E-state index contributed by atoms with van der Waals surface area (Å²) in [5, 5.41) is 12.7. The fourth-order valence-electron chi connectivity index (χ4n) is 2.29. The highest BCUT2D eigenvalue weighted by molar-refractivity contribution is 6.20. The number of hydrogen-bond acceptors (Lipinski definition) is 3. The molecule has 1 unspecified atom stereocenters. The molecular weight excluding hydrogens is 266 g/mol. The molecule has 1 aromatic carbocycles. The lowest BCUT2D eigenvalue weighted by Crippen LogP contribution is -2.23. The summed E-state index contributed by atoms with van der Waals surface area (Å²) < 4.78 is 0. The Labute approximate surface area is 125 Å². The van der Waals surface area contributed by atoms with Crippen molar-refractivity contribution in [3.05, 3.63) is 46.7 Å². The van der Waals surface area contributed by atoms with Crippen LogP contribution in [0.5, 0.6) is 0 Å². The lowest BCUT2D eigenvalue weighted by molar-refractivity contribution is -0.121. The lowest BCUT2D eigenvalue weighted by Gasteiger charge is -2.20. The van der Waals surface area contributed by atoms with Gasteiger partial charge in [-0.15, -0.1) is 0 Å². The summed E-state index contributed by atoms with van der Waals surface area (Å²) in [6.07, 6.45) is 0. The van der Waals surface area contributed by atoms with E-state index in [4.69, 9.17) is 0 Å². The van der Waals surface area contributed by atoms with Gasteiger partial charge in [-0.05, 0) is 23.5 Å². The molecule has 1 aliphatic heterocycles. The summed E-state index contributed by atoms with van der Waals surface area (Å²) >= 11 is 0. The Hall–Kier alpha value is -2.10. The second-order valence-electron chi connectivity index (χ2n) is 6.09. The van der Waals surface area contributed by atoms with E-state index in [0.717, 1.165) is 5.56 Å². The van der Waals surface area contributed by atoms with E-state index in [1.165, 1.54) is 12.5 Å². The van der Waals surface area contributed by atoms with Gasteiger partial charge in [0.1, 0.15) is 17.4 Å². The first-order chi connectivity index (χ1) is 9.21. The maximum Gasteiger partial charge on any atom is 0.259 e. The van der Waals surface area contributed by atoms with E-state index in [2.05, 4.69) is 26.1 Å². The third kappa shape index (κ3) is 3.15. The third-order valence-corrected chi connectivity index (χ3v) is 3.49. The average Bonchev–Trinajstić information content (AvgIpc) is 2.64. The molecule has 0 saturated carbocycles. The van der Waals surface area contributed by atoms with Gasteiger partial charge in [0.2, 0.25) is 0 Å². The molecule has 1 aliphatic rings. The minimum Gasteiger partial charge on any atom is -0.509 e. The second-order valence-corrected chi connectivity index (χ2v) is 6.09. The first-order valence-corrected chi connectivity index (χ1v) is 6.57. The number of rotatable bonds is 2. The zero-order chi connectivity index (χ0) is 15.1. The fraction of sp³-hybridized carbons (Fsp3) is 0.412. The van der Waals surface area contributed by atoms with Crippen LogP contribution in [-0.4, -0.2) is 16.8 Å². The van der Waals surface area contributed by atoms with Crippen LogP contribution in [0.2, 0.25) is 0 Å². The van der Waals surface area contributed by atoms with E-state index in [-0.39, 0.29) is 24.2 Å². The van der Waals surface area contributed by atoms with Gasteiger partial charge in [-0.1, -0.05) is 52.5 Å². The van der Waals surface area contributed by atoms with Gasteiger partial charge in [0.05, 0.1) is 0 Å². The molecule has 0 bridgehead atoms. The largest absolute Gasteiger partial charge is 0.509 e. The molecule has 4 nitrogen and oxygen atoms in total. The normalized spacial score (nSPS) is 18.3. The molecule has 0 radical (unpaired) electrons. The number of hydrogen-bond donors (Lipinski definition) is 2. The van der Waals surface area contributed by atoms with Crippen LogP contribution < -0.4 is 5.32 Å². The monoisotopic (exact) mass is 289 g/mol. The van der Waals surface area contributed by atoms with Crippen molar-refractivity contribution in [2.45, 2.75) is 46.6 Å². The molecular formula is C17H23NO3. The molecule has 1 atom stereocenters. The Morgan fingerprint density at radius 1 is 1.19 bits per heavy atom. The number of benzene rings is 1. The summed E-state index contributed by atoms with van der Waals surface area (Å²) in [7, 11) is 0. The Kier molecular flexibility index (Phi) is 4.62. The van der Waals surface area contributed by atoms with E-state index in [1.807, 2.05) is 24.3 Å². The average molecular weight is 289 g/mol. The fourth-order valence-corrected chi connectivity index (χ4v) is 2.29. The van der Waals surface area contributed by atoms with E-state index in [1.54, 1.807) is 0 Å². The molecule has 1 amide bonds. The highest BCUT2D eigenvalue weighted by atomic mass is 16.3. The maximum atomic E-state index is 11.7. The Bertz CT molecular complexity index is 591. The summed E-state index contributed by atoms with van der Waals surface area (Å²) in [4.78, 5) is 23.0. The van der Waals surface area contributed by atoms with Crippen LogP contribution in [0.4, 0.5) is 0 Å². The number of aliphatic hydroxyl groups is 1. The molecule has 4 heteroatoms. The number of nitrogens with one attached hydrogen (secondary N) is 1. The summed E-state index contributed by atoms with van der Waals surface area (Å²) in [5.41, 5.74) is 1.83. The van der Waals surface area contributed by atoms with Crippen molar-refractivity contribution in [1.82, 2.24) is 5.32 Å². The first-order valence-electron chi connectivity index (χ1n) is 6.57. The molecule has 0 aliphatic carbocycles. The number of ketones is 1. The minimum atomic E-state index is -0.629. The van der Waals surface area contributed by atoms with Gasteiger partial charge in [-0.2, -0.15) is 0 Å². The van der Waals surface area contributed by atoms with E-state index >= 15 is 0 Å². The second kappa shape index (κ2) is 5.72. The van der Waals surface area contributed by atoms with Crippen LogP contribution in [0.25, 0.3) is 0 Å². The topological polar surface area (TPSA) is 66.4 Å². The zero-order valence-electron chi connectivity index (χ0n) is 12.2. The van der Waals surface area contributed by atoms with Crippen molar-refractivity contribution in [3.63, 3.8) is 0 Å². The molecule has 1 aromatic rings. The number of amides is 1. The molecule has 21 heavy (non-hydrogen) atoms. The van der Waals surface area contributed by atoms with E-state index in [9.17, 15) is 14.7 Å². The van der Waals surface area contributed by atoms with Gasteiger partial charge < -0.3 is 10.4 Å². The van der Waals surface area contributed by atoms with Crippen LogP contribution in [-0.2, 0) is 15.0 Å². The smallest absolute Gasteiger partial charge is 0.259 e. The molecule has 2 rings (SSSR count). The molecule has 1 heterocycles. The van der Waals surface area contributed by atoms with Crippen molar-refractivity contribution in [2.24, 2.45) is 0 Å². The molecule has 0 saturated heterocycles. The SMILES string of the molecule is C.CC(=O)C1=C(O)C(c2ccc(C(C)(C)C)cc2)NC1=O. The third-order valence-electron chi connectivity index (χ3n) is 3.49. The van der Waals surface area contributed by atoms with Crippen molar-refractivity contribution >= 4 is 11.7 Å². The van der Waals surface area contributed by atoms with Gasteiger partial charge in [0, 0.05) is 0 Å². The van der Waals surface area contributed by atoms with Crippen LogP contribution in [0.3, 0.4) is 0 Å². The molecule has 0 aromatic heterocycles. The number of carbonyl (C=O) groups is 2. The highest BCUT2D eigenvalue weighted by Crippen LogP contribution is 2.30. The van der Waals surface area contributed by atoms with E-state index in [0.29, 0.717) is 0 Å². The van der Waals surface area contributed by atoms with Crippen molar-refractivity contribution in [3.8, 4) is 0 Å². The summed E-state index contributed by atoms with van der Waals surface area (Å²) in [6, 6.07) is 7.05. The first kappa shape index (κ1) is 17.0. The van der Waals surface area contributed by atoms with Crippen LogP contribution in [0.15, 0.2) is 35.6 Å². The number of carbonyl (C=O) groups excluding carboxylic acids is 2. The maximum absolute atomic E-state index is 11.7. The number of Topliss-reactive ketones (excluding diaryl/α,β-unsaturated/α-hetero) is 1. The molecule has 0 spiro atoms. The Morgan fingerprint density at radius 3 is 2.10 bits per heavy atom. The van der Waals surface area contributed by atoms with Gasteiger partial charge in [0.25, 0.3) is 5.91 Å². The standard InChI is InChI=1S/C16H19NO3.CH4/c1-9(18)12-14(19)13(17-15(12)20)10-5-7-11(8-6-10)16(2,3)4;/h5-8,13,19H,1-4H3,(H,17,20);1H4. The van der Waals surface area contributed by atoms with Crippen molar-refractivity contribution < 1.29 is 14.7 Å². The summed E-state index contributed by atoms with van der Waals surface area (Å²) in [6.45, 7) is 7.62. The lowest BCUT2D eigenvalue weighted by atomic mass is 9.86. The predicted molar refractivity (Wildman–Crippen MR) is 83.1 cm³/mol. The molecule has 0 fully saturated rings. The number of aliphatic hydroxyl groups excluding tert-OH is 1. The van der Waals surface area contributed by atoms with Gasteiger partial charge >= 0.3 is 0 Å². The zero-order valence-corrected chi connectivity index (χ0v) is 12.2. The Balaban J connectivity index is 0.00000220. The quantitative estimate of drug-likeness (QED) is 0.822. The van der Waals surface area contributed by atoms with Crippen LogP contribution in [0, 0.1) is 0 Å². The van der Waals surface area contributed by atoms with Gasteiger partial charge in [-0.25, -0.2) is 0 Å². The van der Waals surface area contributed by atoms with Crippen molar-refractivity contribution in [1.29, 1.82) is 0 Å². The summed E-state index contributed by atoms with van der Waals surface area (Å²) in [5.74, 6) is -1.13. The molecule has 114 valence electrons. The van der Waals surface area contributed by atoms with E-state index < -0.39 is 17.7 Å². The van der Waals surface area contributed by atoms with Crippen LogP contribution in [0.1, 0.15) is 52.3 Å². The van der Waals surface area contributed by atoms with Crippen LogP contribution >= 0.6 is 0 Å². The predicted octanol–water partition coefficient (Wildman–Crippen LogP) is 3.19. The molecule has 2 N–H and O–H groups in total. The Morgan fingerprint density at radius 2 is 1.71 bits per heavy atom. The minimum absolute atomic E-state index is 0.